The van der Waals surface area contributed by atoms with Crippen LogP contribution in [0, 0.1) is 0 Å². The molecule has 0 heterocycles. The second-order valence-electron chi connectivity index (χ2n) is 4.24. The maximum absolute atomic E-state index is 13.5. The summed E-state index contributed by atoms with van der Waals surface area (Å²) in [5.41, 5.74) is 0. The molecule has 0 aromatic heterocycles. The summed E-state index contributed by atoms with van der Waals surface area (Å²) in [6, 6.07) is 0. The highest BCUT2D eigenvalue weighted by Crippen LogP contribution is 2.51. The normalized spacial score (nSPS) is 17.1. The first-order chi connectivity index (χ1) is 9.79. The molecule has 138 valence electrons. The molecule has 1 unspecified atom stereocenters. The van der Waals surface area contributed by atoms with E-state index in [1.54, 1.807) is 0 Å². The molecule has 0 spiro atoms. The van der Waals surface area contributed by atoms with Crippen molar-refractivity contribution in [3.8, 4) is 0 Å². The van der Waals surface area contributed by atoms with Crippen molar-refractivity contribution in [2.24, 2.45) is 0 Å². The van der Waals surface area contributed by atoms with Crippen molar-refractivity contribution in [2.45, 2.75) is 50.2 Å². The number of carbonyl (C=O) groups is 1. The molecule has 0 aliphatic rings. The average Bonchev–Trinajstić information content (AvgIpc) is 2.23. The van der Waals surface area contributed by atoms with Gasteiger partial charge in [-0.1, -0.05) is 0 Å². The van der Waals surface area contributed by atoms with Crippen molar-refractivity contribution >= 4 is 5.97 Å². The predicted molar refractivity (Wildman–Crippen MR) is 48.2 cm³/mol. The van der Waals surface area contributed by atoms with E-state index in [9.17, 15) is 53.1 Å². The number of alkyl halides is 11. The van der Waals surface area contributed by atoms with Gasteiger partial charge in [-0.15, -0.1) is 0 Å². The fraction of sp³-hybridized carbons (Fsp3) is 0.889. The fourth-order valence-corrected chi connectivity index (χ4v) is 0.911. The van der Waals surface area contributed by atoms with Crippen LogP contribution >= 0.6 is 0 Å². The highest BCUT2D eigenvalue weighted by molar-refractivity contribution is 5.79. The van der Waals surface area contributed by atoms with E-state index in [1.165, 1.54) is 0 Å². The Bertz CT molecular complexity index is 439. The SMILES string of the molecule is CC(C)OC(=O)C(F)(OC(F)(F)C(F)(F)C(F)(F)F)C(F)(F)F. The third-order valence-electron chi connectivity index (χ3n) is 1.96. The molecule has 0 aliphatic carbocycles. The van der Waals surface area contributed by atoms with Crippen molar-refractivity contribution in [3.05, 3.63) is 0 Å². The van der Waals surface area contributed by atoms with E-state index in [2.05, 4.69) is 4.74 Å². The largest absolute Gasteiger partial charge is 0.462 e. The van der Waals surface area contributed by atoms with E-state index >= 15 is 0 Å². The van der Waals surface area contributed by atoms with Gasteiger partial charge < -0.3 is 4.74 Å². The summed E-state index contributed by atoms with van der Waals surface area (Å²) >= 11 is 0. The van der Waals surface area contributed by atoms with Crippen molar-refractivity contribution in [1.29, 1.82) is 0 Å². The summed E-state index contributed by atoms with van der Waals surface area (Å²) in [5, 5.41) is 0. The van der Waals surface area contributed by atoms with Crippen LogP contribution in [0.1, 0.15) is 13.8 Å². The van der Waals surface area contributed by atoms with Gasteiger partial charge in [0.05, 0.1) is 6.10 Å². The number of hydrogen-bond acceptors (Lipinski definition) is 3. The Morgan fingerprint density at radius 2 is 1.17 bits per heavy atom. The molecule has 0 amide bonds. The molecule has 0 saturated carbocycles. The molecule has 14 heteroatoms. The molecule has 0 aromatic rings. The summed E-state index contributed by atoms with van der Waals surface area (Å²) in [7, 11) is 0. The van der Waals surface area contributed by atoms with Gasteiger partial charge >= 0.3 is 36.2 Å². The molecule has 0 saturated heterocycles. The van der Waals surface area contributed by atoms with Gasteiger partial charge in [0.2, 0.25) is 0 Å². The third-order valence-corrected chi connectivity index (χ3v) is 1.96. The summed E-state index contributed by atoms with van der Waals surface area (Å²) in [6.45, 7) is 1.63. The zero-order valence-corrected chi connectivity index (χ0v) is 11.0. The van der Waals surface area contributed by atoms with Gasteiger partial charge in [-0.3, -0.25) is 4.74 Å². The molecule has 23 heavy (non-hydrogen) atoms. The number of hydrogen-bond donors (Lipinski definition) is 0. The first-order valence-electron chi connectivity index (χ1n) is 5.29. The van der Waals surface area contributed by atoms with Gasteiger partial charge in [0, 0.05) is 0 Å². The standard InChI is InChI=1S/C9H7F11O3/c1-3(2)22-4(21)5(10,7(13,14)15)23-9(19,20)6(11,12)8(16,17)18/h3H,1-2H3. The summed E-state index contributed by atoms with van der Waals surface area (Å²) in [6.07, 6.45) is -22.4. The van der Waals surface area contributed by atoms with Gasteiger partial charge in [0.25, 0.3) is 0 Å². The minimum Gasteiger partial charge on any atom is -0.458 e. The smallest absolute Gasteiger partial charge is 0.458 e. The first-order valence-corrected chi connectivity index (χ1v) is 5.29. The number of carbonyl (C=O) groups excluding carboxylic acids is 1. The fourth-order valence-electron chi connectivity index (χ4n) is 0.911. The Balaban J connectivity index is 5.88. The molecule has 0 aromatic carbocycles. The Hall–Kier alpha value is -1.34. The molecular weight excluding hydrogens is 365 g/mol. The Morgan fingerprint density at radius 1 is 0.783 bits per heavy atom. The van der Waals surface area contributed by atoms with Crippen molar-refractivity contribution < 1.29 is 62.6 Å². The second-order valence-corrected chi connectivity index (χ2v) is 4.24. The molecule has 0 aliphatic heterocycles. The van der Waals surface area contributed by atoms with Gasteiger partial charge in [-0.05, 0) is 13.8 Å². The quantitative estimate of drug-likeness (QED) is 0.541. The molecular formula is C9H7F11O3. The number of ether oxygens (including phenoxy) is 2. The molecule has 0 radical (unpaired) electrons. The lowest BCUT2D eigenvalue weighted by Gasteiger charge is -2.33. The van der Waals surface area contributed by atoms with Crippen LogP contribution in [0.25, 0.3) is 0 Å². The first kappa shape index (κ1) is 21.7. The monoisotopic (exact) mass is 372 g/mol. The number of esters is 1. The van der Waals surface area contributed by atoms with Crippen LogP contribution in [0.3, 0.4) is 0 Å². The lowest BCUT2D eigenvalue weighted by atomic mass is 10.2. The lowest BCUT2D eigenvalue weighted by molar-refractivity contribution is -0.475. The Morgan fingerprint density at radius 3 is 1.43 bits per heavy atom. The highest BCUT2D eigenvalue weighted by atomic mass is 19.4. The molecule has 3 nitrogen and oxygen atoms in total. The van der Waals surface area contributed by atoms with Crippen LogP contribution in [0.5, 0.6) is 0 Å². The highest BCUT2D eigenvalue weighted by Gasteiger charge is 2.80. The zero-order valence-electron chi connectivity index (χ0n) is 11.0. The maximum atomic E-state index is 13.5. The van der Waals surface area contributed by atoms with Crippen molar-refractivity contribution in [3.63, 3.8) is 0 Å². The van der Waals surface area contributed by atoms with E-state index in [1.807, 2.05) is 4.74 Å². The Kier molecular flexibility index (Phi) is 5.60. The molecule has 0 rings (SSSR count). The second kappa shape index (κ2) is 5.94. The summed E-state index contributed by atoms with van der Waals surface area (Å²) in [5.74, 6) is -16.7. The van der Waals surface area contributed by atoms with E-state index in [0.29, 0.717) is 0 Å². The Labute approximate surface area is 120 Å². The van der Waals surface area contributed by atoms with Crippen LogP contribution in [-0.2, 0) is 14.3 Å². The minimum absolute atomic E-state index is 0.817. The third kappa shape index (κ3) is 4.14. The van der Waals surface area contributed by atoms with Gasteiger partial charge in [0.15, 0.2) is 0 Å². The van der Waals surface area contributed by atoms with Gasteiger partial charge in [-0.2, -0.15) is 48.3 Å². The van der Waals surface area contributed by atoms with Crippen LogP contribution < -0.4 is 0 Å². The van der Waals surface area contributed by atoms with E-state index in [0.717, 1.165) is 13.8 Å². The van der Waals surface area contributed by atoms with E-state index < -0.39 is 42.3 Å². The average molecular weight is 372 g/mol. The van der Waals surface area contributed by atoms with Crippen LogP contribution in [0.15, 0.2) is 0 Å². The lowest BCUT2D eigenvalue weighted by Crippen LogP contribution is -2.62. The maximum Gasteiger partial charge on any atom is 0.462 e. The van der Waals surface area contributed by atoms with Gasteiger partial charge in [-0.25, -0.2) is 4.79 Å². The topological polar surface area (TPSA) is 35.5 Å². The van der Waals surface area contributed by atoms with E-state index in [4.69, 9.17) is 0 Å². The van der Waals surface area contributed by atoms with Crippen molar-refractivity contribution in [2.75, 3.05) is 0 Å². The van der Waals surface area contributed by atoms with E-state index in [-0.39, 0.29) is 0 Å². The minimum atomic E-state index is -7.22. The molecule has 0 bridgehead atoms. The van der Waals surface area contributed by atoms with Crippen LogP contribution in [0.4, 0.5) is 48.3 Å². The predicted octanol–water partition coefficient (Wildman–Crippen LogP) is 3.97. The van der Waals surface area contributed by atoms with Crippen molar-refractivity contribution in [1.82, 2.24) is 0 Å². The molecule has 0 N–H and O–H groups in total. The zero-order chi connectivity index (χ0) is 19.1. The van der Waals surface area contributed by atoms with Gasteiger partial charge in [0.1, 0.15) is 0 Å². The number of halogens is 11. The van der Waals surface area contributed by atoms with Crippen LogP contribution in [-0.4, -0.2) is 42.3 Å². The molecule has 1 atom stereocenters. The summed E-state index contributed by atoms with van der Waals surface area (Å²) in [4.78, 5) is 10.9. The van der Waals surface area contributed by atoms with Crippen LogP contribution in [0.2, 0.25) is 0 Å². The molecule has 0 fully saturated rings. The summed E-state index contributed by atoms with van der Waals surface area (Å²) < 4.78 is 142. The number of rotatable bonds is 5.